The van der Waals surface area contributed by atoms with Crippen molar-refractivity contribution >= 4 is 35.0 Å². The number of hydrogen-bond donors (Lipinski definition) is 1. The van der Waals surface area contributed by atoms with E-state index in [1.807, 2.05) is 6.26 Å². The lowest BCUT2D eigenvalue weighted by Gasteiger charge is -2.04. The number of halogens is 2. The third-order valence-corrected chi connectivity index (χ3v) is 4.18. The largest absolute Gasteiger partial charge is 0.338 e. The third-order valence-electron chi connectivity index (χ3n) is 2.83. The highest BCUT2D eigenvalue weighted by atomic mass is 35.5. The number of nitrogens with zero attached hydrogens (tertiary/aromatic N) is 2. The summed E-state index contributed by atoms with van der Waals surface area (Å²) in [5, 5.41) is 5.12. The average molecular weight is 332 g/mol. The topological polar surface area (TPSA) is 64.9 Å². The molecule has 7 heteroatoms. The summed E-state index contributed by atoms with van der Waals surface area (Å²) in [6.45, 7) is 0. The van der Waals surface area contributed by atoms with Crippen LogP contribution in [0.5, 0.6) is 0 Å². The van der Waals surface area contributed by atoms with E-state index >= 15 is 0 Å². The molecule has 2 N–H and O–H groups in total. The zero-order chi connectivity index (χ0) is 14.5. The minimum Gasteiger partial charge on any atom is -0.338 e. The van der Waals surface area contributed by atoms with E-state index in [1.54, 1.807) is 30.0 Å². The maximum atomic E-state index is 6.12. The van der Waals surface area contributed by atoms with Crippen LogP contribution in [-0.2, 0) is 6.42 Å². The second-order valence-electron chi connectivity index (χ2n) is 4.31. The Morgan fingerprint density at radius 2 is 2.05 bits per heavy atom. The number of thioether (sulfide) groups is 1. The lowest BCUT2D eigenvalue weighted by Crippen LogP contribution is -2.11. The fourth-order valence-corrected chi connectivity index (χ4v) is 2.74. The molecule has 0 fully saturated rings. The molecule has 0 bridgehead atoms. The summed E-state index contributed by atoms with van der Waals surface area (Å²) in [7, 11) is 0. The van der Waals surface area contributed by atoms with Gasteiger partial charge < -0.3 is 10.3 Å². The van der Waals surface area contributed by atoms with Crippen molar-refractivity contribution < 1.29 is 4.52 Å². The number of rotatable bonds is 6. The van der Waals surface area contributed by atoms with Crippen LogP contribution in [0.2, 0.25) is 10.0 Å². The lowest BCUT2D eigenvalue weighted by molar-refractivity contribution is 0.349. The van der Waals surface area contributed by atoms with Gasteiger partial charge in [0.25, 0.3) is 0 Å². The summed E-state index contributed by atoms with van der Waals surface area (Å²) in [5.74, 6) is 1.95. The van der Waals surface area contributed by atoms with Crippen LogP contribution in [0, 0.1) is 0 Å². The van der Waals surface area contributed by atoms with Crippen LogP contribution in [0.3, 0.4) is 0 Å². The van der Waals surface area contributed by atoms with Gasteiger partial charge in [-0.3, -0.25) is 0 Å². The second-order valence-corrected chi connectivity index (χ2v) is 6.11. The van der Waals surface area contributed by atoms with Gasteiger partial charge in [0, 0.05) is 16.5 Å². The van der Waals surface area contributed by atoms with Gasteiger partial charge in [0.1, 0.15) is 0 Å². The van der Waals surface area contributed by atoms with Gasteiger partial charge in [0.15, 0.2) is 5.82 Å². The van der Waals surface area contributed by atoms with Gasteiger partial charge in [-0.2, -0.15) is 16.7 Å². The monoisotopic (exact) mass is 331 g/mol. The summed E-state index contributed by atoms with van der Waals surface area (Å²) >= 11 is 14.0. The molecule has 0 aliphatic heterocycles. The molecule has 0 spiro atoms. The first-order chi connectivity index (χ1) is 9.61. The fourth-order valence-electron chi connectivity index (χ4n) is 1.72. The smallest absolute Gasteiger partial charge is 0.243 e. The van der Waals surface area contributed by atoms with Crippen LogP contribution in [0.1, 0.15) is 29.7 Å². The van der Waals surface area contributed by atoms with Crippen LogP contribution in [0.15, 0.2) is 22.7 Å². The predicted octanol–water partition coefficient (Wildman–Crippen LogP) is 3.72. The van der Waals surface area contributed by atoms with Crippen molar-refractivity contribution in [3.8, 4) is 0 Å². The molecule has 4 nitrogen and oxygen atoms in total. The standard InChI is InChI=1S/C13H15Cl2N3OS/c1-20-6-5-11(16)13-17-12(18-19-13)7-8-9(14)3-2-4-10(8)15/h2-4,11H,5-7,16H2,1H3/t11-/m1/s1. The van der Waals surface area contributed by atoms with E-state index in [4.69, 9.17) is 33.5 Å². The molecule has 0 aliphatic rings. The highest BCUT2D eigenvalue weighted by Gasteiger charge is 2.16. The second kappa shape index (κ2) is 7.31. The number of nitrogens with two attached hydrogens (primary N) is 1. The van der Waals surface area contributed by atoms with Crippen molar-refractivity contribution in [3.63, 3.8) is 0 Å². The SMILES string of the molecule is CSCC[C@@H](N)c1nc(Cc2c(Cl)cccc2Cl)no1. The van der Waals surface area contributed by atoms with E-state index in [0.717, 1.165) is 17.7 Å². The summed E-state index contributed by atoms with van der Waals surface area (Å²) in [6.07, 6.45) is 3.26. The molecule has 0 aliphatic carbocycles. The molecule has 0 unspecified atom stereocenters. The fraction of sp³-hybridized carbons (Fsp3) is 0.385. The van der Waals surface area contributed by atoms with E-state index in [1.165, 1.54) is 0 Å². The van der Waals surface area contributed by atoms with Gasteiger partial charge in [-0.15, -0.1) is 0 Å². The molecule has 108 valence electrons. The minimum atomic E-state index is -0.231. The molecular formula is C13H15Cl2N3OS. The van der Waals surface area contributed by atoms with Crippen LogP contribution >= 0.6 is 35.0 Å². The molecule has 20 heavy (non-hydrogen) atoms. The zero-order valence-electron chi connectivity index (χ0n) is 11.0. The van der Waals surface area contributed by atoms with Crippen LogP contribution in [-0.4, -0.2) is 22.1 Å². The van der Waals surface area contributed by atoms with E-state index in [-0.39, 0.29) is 6.04 Å². The van der Waals surface area contributed by atoms with Crippen molar-refractivity contribution in [1.82, 2.24) is 10.1 Å². The summed E-state index contributed by atoms with van der Waals surface area (Å²) in [4.78, 5) is 4.31. The predicted molar refractivity (Wildman–Crippen MR) is 83.5 cm³/mol. The van der Waals surface area contributed by atoms with Crippen LogP contribution in [0.4, 0.5) is 0 Å². The van der Waals surface area contributed by atoms with Crippen molar-refractivity contribution in [2.75, 3.05) is 12.0 Å². The first kappa shape index (κ1) is 15.6. The molecule has 0 saturated carbocycles. The first-order valence-corrected chi connectivity index (χ1v) is 8.26. The van der Waals surface area contributed by atoms with Gasteiger partial charge in [0.2, 0.25) is 5.89 Å². The number of benzene rings is 1. The van der Waals surface area contributed by atoms with Crippen molar-refractivity contribution in [2.45, 2.75) is 18.9 Å². The molecule has 0 saturated heterocycles. The molecule has 2 rings (SSSR count). The highest BCUT2D eigenvalue weighted by molar-refractivity contribution is 7.98. The van der Waals surface area contributed by atoms with Gasteiger partial charge in [-0.05, 0) is 36.1 Å². The molecule has 1 aromatic heterocycles. The Balaban J connectivity index is 2.10. The Morgan fingerprint density at radius 3 is 2.70 bits per heavy atom. The van der Waals surface area contributed by atoms with Crippen LogP contribution < -0.4 is 5.73 Å². The van der Waals surface area contributed by atoms with E-state index < -0.39 is 0 Å². The van der Waals surface area contributed by atoms with Gasteiger partial charge in [0.05, 0.1) is 6.04 Å². The van der Waals surface area contributed by atoms with Crippen molar-refractivity contribution in [2.24, 2.45) is 5.73 Å². The molecule has 2 aromatic rings. The number of aromatic nitrogens is 2. The first-order valence-electron chi connectivity index (χ1n) is 6.11. The minimum absolute atomic E-state index is 0.231. The van der Waals surface area contributed by atoms with Crippen LogP contribution in [0.25, 0.3) is 0 Å². The van der Waals surface area contributed by atoms with E-state index in [0.29, 0.717) is 28.2 Å². The third kappa shape index (κ3) is 3.88. The highest BCUT2D eigenvalue weighted by Crippen LogP contribution is 2.26. The molecule has 1 atom stereocenters. The lowest BCUT2D eigenvalue weighted by atomic mass is 10.1. The van der Waals surface area contributed by atoms with Gasteiger partial charge in [-0.25, -0.2) is 0 Å². The maximum Gasteiger partial charge on any atom is 0.243 e. The Morgan fingerprint density at radius 1 is 1.35 bits per heavy atom. The summed E-state index contributed by atoms with van der Waals surface area (Å²) in [6, 6.07) is 5.14. The summed E-state index contributed by atoms with van der Waals surface area (Å²) < 4.78 is 5.19. The average Bonchev–Trinajstić information content (AvgIpc) is 2.89. The Kier molecular flexibility index (Phi) is 5.72. The normalized spacial score (nSPS) is 12.6. The zero-order valence-corrected chi connectivity index (χ0v) is 13.3. The number of hydrogen-bond acceptors (Lipinski definition) is 5. The molecule has 1 aromatic carbocycles. The quantitative estimate of drug-likeness (QED) is 0.873. The van der Waals surface area contributed by atoms with Gasteiger partial charge >= 0.3 is 0 Å². The molecule has 1 heterocycles. The van der Waals surface area contributed by atoms with Gasteiger partial charge in [-0.1, -0.05) is 34.4 Å². The van der Waals surface area contributed by atoms with Crippen molar-refractivity contribution in [3.05, 3.63) is 45.5 Å². The molecular weight excluding hydrogens is 317 g/mol. The van der Waals surface area contributed by atoms with E-state index in [9.17, 15) is 0 Å². The van der Waals surface area contributed by atoms with E-state index in [2.05, 4.69) is 10.1 Å². The Labute approximate surface area is 132 Å². The molecule has 0 radical (unpaired) electrons. The molecule has 0 amide bonds. The Bertz CT molecular complexity index is 556. The Hall–Kier alpha value is -0.750. The summed E-state index contributed by atoms with van der Waals surface area (Å²) in [5.41, 5.74) is 6.78. The maximum absolute atomic E-state index is 6.12. The van der Waals surface area contributed by atoms with Crippen molar-refractivity contribution in [1.29, 1.82) is 0 Å².